The fourth-order valence-electron chi connectivity index (χ4n) is 1.60. The van der Waals surface area contributed by atoms with Crippen molar-refractivity contribution < 1.29 is 4.39 Å². The van der Waals surface area contributed by atoms with Crippen molar-refractivity contribution >= 4 is 5.78 Å². The van der Waals surface area contributed by atoms with Gasteiger partial charge in [0.1, 0.15) is 5.82 Å². The topological polar surface area (TPSA) is 56.0 Å². The lowest BCUT2D eigenvalue weighted by Crippen LogP contribution is -1.98. The Morgan fingerprint density at radius 3 is 2.82 bits per heavy atom. The molecule has 1 aromatic carbocycles. The molecule has 0 aliphatic rings. The molecular formula is C11H8FN5. The third-order valence-corrected chi connectivity index (χ3v) is 2.45. The van der Waals surface area contributed by atoms with Gasteiger partial charge >= 0.3 is 0 Å². The lowest BCUT2D eigenvalue weighted by atomic mass is 10.1. The van der Waals surface area contributed by atoms with Crippen LogP contribution in [0.25, 0.3) is 17.0 Å². The number of benzene rings is 1. The van der Waals surface area contributed by atoms with E-state index < -0.39 is 0 Å². The highest BCUT2D eigenvalue weighted by Crippen LogP contribution is 2.19. The van der Waals surface area contributed by atoms with Crippen molar-refractivity contribution in [1.82, 2.24) is 24.8 Å². The molecule has 0 saturated heterocycles. The van der Waals surface area contributed by atoms with E-state index in [9.17, 15) is 4.39 Å². The van der Waals surface area contributed by atoms with Gasteiger partial charge in [-0.15, -0.1) is 10.2 Å². The number of aromatic nitrogens is 5. The molecule has 0 aliphatic carbocycles. The van der Waals surface area contributed by atoms with Gasteiger partial charge < -0.3 is 0 Å². The number of nitrogens with zero attached hydrogens (tertiary/aromatic N) is 5. The summed E-state index contributed by atoms with van der Waals surface area (Å²) in [6.07, 6.45) is 1.50. The maximum atomic E-state index is 13.6. The zero-order chi connectivity index (χ0) is 11.8. The van der Waals surface area contributed by atoms with Gasteiger partial charge in [-0.3, -0.25) is 0 Å². The predicted molar refractivity (Wildman–Crippen MR) is 58.7 cm³/mol. The number of aryl methyl sites for hydroxylation is 1. The number of halogens is 1. The summed E-state index contributed by atoms with van der Waals surface area (Å²) in [5.41, 5.74) is 0.853. The van der Waals surface area contributed by atoms with E-state index in [2.05, 4.69) is 20.3 Å². The number of hydrogen-bond donors (Lipinski definition) is 0. The van der Waals surface area contributed by atoms with Gasteiger partial charge in [0, 0.05) is 5.56 Å². The van der Waals surface area contributed by atoms with E-state index in [1.54, 1.807) is 25.1 Å². The molecule has 0 amide bonds. The molecule has 0 fully saturated rings. The van der Waals surface area contributed by atoms with Crippen LogP contribution in [0.2, 0.25) is 0 Å². The van der Waals surface area contributed by atoms with Gasteiger partial charge in [-0.05, 0) is 19.1 Å². The number of fused-ring (bicyclic) bond motifs is 1. The summed E-state index contributed by atoms with van der Waals surface area (Å²) in [5, 5.41) is 11.8. The Morgan fingerprint density at radius 2 is 2.00 bits per heavy atom. The smallest absolute Gasteiger partial charge is 0.208 e. The molecule has 0 N–H and O–H groups in total. The molecule has 0 atom stereocenters. The van der Waals surface area contributed by atoms with Gasteiger partial charge in [-0.2, -0.15) is 9.61 Å². The Balaban J connectivity index is 2.22. The van der Waals surface area contributed by atoms with Crippen LogP contribution in [0.1, 0.15) is 5.82 Å². The fourth-order valence-corrected chi connectivity index (χ4v) is 1.60. The quantitative estimate of drug-likeness (QED) is 0.636. The minimum Gasteiger partial charge on any atom is -0.208 e. The molecule has 0 spiro atoms. The Morgan fingerprint density at radius 1 is 1.18 bits per heavy atom. The summed E-state index contributed by atoms with van der Waals surface area (Å²) in [6.45, 7) is 1.78. The highest BCUT2D eigenvalue weighted by atomic mass is 19.1. The highest BCUT2D eigenvalue weighted by Gasteiger charge is 2.09. The molecule has 0 aliphatic heterocycles. The number of rotatable bonds is 1. The second kappa shape index (κ2) is 3.58. The standard InChI is InChI=1S/C11H8FN5/c1-7-15-16-11-14-10(6-13-17(7)11)8-4-2-3-5-9(8)12/h2-6H,1H3. The first kappa shape index (κ1) is 9.83. The molecule has 2 aromatic heterocycles. The minimum absolute atomic E-state index is 0.331. The average Bonchev–Trinajstić information content (AvgIpc) is 2.71. The molecule has 3 rings (SSSR count). The molecular weight excluding hydrogens is 221 g/mol. The van der Waals surface area contributed by atoms with Crippen LogP contribution >= 0.6 is 0 Å². The summed E-state index contributed by atoms with van der Waals surface area (Å²) in [6, 6.07) is 6.42. The van der Waals surface area contributed by atoms with Crippen molar-refractivity contribution in [2.24, 2.45) is 0 Å². The SMILES string of the molecule is Cc1nnc2nc(-c3ccccc3F)cnn12. The van der Waals surface area contributed by atoms with Crippen LogP contribution < -0.4 is 0 Å². The van der Waals surface area contributed by atoms with Gasteiger partial charge in [0.2, 0.25) is 0 Å². The fraction of sp³-hybridized carbons (Fsp3) is 0.0909. The molecule has 5 nitrogen and oxygen atoms in total. The van der Waals surface area contributed by atoms with Crippen LogP contribution in [0.4, 0.5) is 4.39 Å². The molecule has 2 heterocycles. The van der Waals surface area contributed by atoms with Crippen LogP contribution in [0.5, 0.6) is 0 Å². The second-order valence-corrected chi connectivity index (χ2v) is 3.58. The largest absolute Gasteiger partial charge is 0.272 e. The summed E-state index contributed by atoms with van der Waals surface area (Å²) in [4.78, 5) is 4.21. The minimum atomic E-state index is -0.331. The molecule has 0 radical (unpaired) electrons. The van der Waals surface area contributed by atoms with Crippen molar-refractivity contribution in [3.63, 3.8) is 0 Å². The average molecular weight is 229 g/mol. The Bertz CT molecular complexity index is 691. The molecule has 0 saturated carbocycles. The van der Waals surface area contributed by atoms with Crippen molar-refractivity contribution in [2.45, 2.75) is 6.92 Å². The van der Waals surface area contributed by atoms with E-state index in [1.165, 1.54) is 16.8 Å². The molecule has 0 bridgehead atoms. The van der Waals surface area contributed by atoms with Gasteiger partial charge in [0.05, 0.1) is 11.9 Å². The molecule has 84 valence electrons. The third kappa shape index (κ3) is 1.54. The van der Waals surface area contributed by atoms with E-state index in [1.807, 2.05) is 0 Å². The lowest BCUT2D eigenvalue weighted by Gasteiger charge is -2.01. The van der Waals surface area contributed by atoms with Crippen molar-refractivity contribution in [2.75, 3.05) is 0 Å². The van der Waals surface area contributed by atoms with Crippen molar-refractivity contribution in [3.05, 3.63) is 42.1 Å². The second-order valence-electron chi connectivity index (χ2n) is 3.58. The van der Waals surface area contributed by atoms with E-state index in [4.69, 9.17) is 0 Å². The summed E-state index contributed by atoms with van der Waals surface area (Å²) >= 11 is 0. The van der Waals surface area contributed by atoms with Gasteiger partial charge in [0.15, 0.2) is 5.82 Å². The van der Waals surface area contributed by atoms with Crippen molar-refractivity contribution in [1.29, 1.82) is 0 Å². The van der Waals surface area contributed by atoms with E-state index in [0.29, 0.717) is 22.9 Å². The Labute approximate surface area is 96.0 Å². The molecule has 0 unspecified atom stereocenters. The maximum absolute atomic E-state index is 13.6. The predicted octanol–water partition coefficient (Wildman–Crippen LogP) is 1.63. The zero-order valence-corrected chi connectivity index (χ0v) is 9.00. The molecule has 6 heteroatoms. The van der Waals surface area contributed by atoms with Crippen LogP contribution in [0, 0.1) is 12.7 Å². The van der Waals surface area contributed by atoms with Crippen LogP contribution in [-0.2, 0) is 0 Å². The summed E-state index contributed by atoms with van der Waals surface area (Å²) in [5.74, 6) is 0.679. The van der Waals surface area contributed by atoms with E-state index in [-0.39, 0.29) is 5.82 Å². The van der Waals surface area contributed by atoms with E-state index in [0.717, 1.165) is 0 Å². The monoisotopic (exact) mass is 229 g/mol. The Hall–Kier alpha value is -2.37. The van der Waals surface area contributed by atoms with Crippen LogP contribution in [-0.4, -0.2) is 24.8 Å². The summed E-state index contributed by atoms with van der Waals surface area (Å²) in [7, 11) is 0. The first-order chi connectivity index (χ1) is 8.25. The Kier molecular flexibility index (Phi) is 2.07. The van der Waals surface area contributed by atoms with Gasteiger partial charge in [0.25, 0.3) is 5.78 Å². The zero-order valence-electron chi connectivity index (χ0n) is 9.00. The molecule has 3 aromatic rings. The highest BCUT2D eigenvalue weighted by molar-refractivity contribution is 5.60. The summed E-state index contributed by atoms with van der Waals surface area (Å²) < 4.78 is 15.1. The molecule has 17 heavy (non-hydrogen) atoms. The first-order valence-corrected chi connectivity index (χ1v) is 5.05. The maximum Gasteiger partial charge on any atom is 0.272 e. The van der Waals surface area contributed by atoms with E-state index >= 15 is 0 Å². The normalized spacial score (nSPS) is 10.9. The van der Waals surface area contributed by atoms with Gasteiger partial charge in [-0.1, -0.05) is 12.1 Å². The van der Waals surface area contributed by atoms with Crippen LogP contribution in [0.15, 0.2) is 30.5 Å². The van der Waals surface area contributed by atoms with Crippen molar-refractivity contribution in [3.8, 4) is 11.3 Å². The van der Waals surface area contributed by atoms with Crippen LogP contribution in [0.3, 0.4) is 0 Å². The number of hydrogen-bond acceptors (Lipinski definition) is 4. The van der Waals surface area contributed by atoms with Gasteiger partial charge in [-0.25, -0.2) is 9.37 Å². The third-order valence-electron chi connectivity index (χ3n) is 2.45. The first-order valence-electron chi connectivity index (χ1n) is 5.05. The lowest BCUT2D eigenvalue weighted by molar-refractivity contribution is 0.630.